The van der Waals surface area contributed by atoms with E-state index in [0.717, 1.165) is 24.6 Å². The van der Waals surface area contributed by atoms with Crippen LogP contribution in [0.3, 0.4) is 0 Å². The van der Waals surface area contributed by atoms with Gasteiger partial charge in [-0.15, -0.1) is 0 Å². The maximum atomic E-state index is 12.7. The topological polar surface area (TPSA) is 65.5 Å². The predicted octanol–water partition coefficient (Wildman–Crippen LogP) is 3.74. The number of carbonyl (C=O) groups is 1. The lowest BCUT2D eigenvalue weighted by Crippen LogP contribution is -2.03. The van der Waals surface area contributed by atoms with Gasteiger partial charge in [0.1, 0.15) is 11.3 Å². The molecule has 23 heavy (non-hydrogen) atoms. The van der Waals surface area contributed by atoms with E-state index >= 15 is 0 Å². The molecule has 0 fully saturated rings. The summed E-state index contributed by atoms with van der Waals surface area (Å²) in [6.07, 6.45) is 3.29. The molecular weight excluding hydrogens is 290 g/mol. The number of rotatable bonds is 3. The zero-order valence-electron chi connectivity index (χ0n) is 12.9. The fraction of sp³-hybridized carbons (Fsp3) is 0.211. The molecule has 3 aromatic rings. The van der Waals surface area contributed by atoms with Crippen molar-refractivity contribution in [2.45, 2.75) is 19.3 Å². The van der Waals surface area contributed by atoms with Crippen LogP contribution in [0.1, 0.15) is 33.7 Å². The summed E-state index contributed by atoms with van der Waals surface area (Å²) in [7, 11) is 1.57. The Balaban J connectivity index is 1.82. The Bertz CT molecular complexity index is 924. The van der Waals surface area contributed by atoms with Crippen LogP contribution in [0.2, 0.25) is 0 Å². The molecule has 0 saturated carbocycles. The monoisotopic (exact) mass is 307 g/mol. The van der Waals surface area contributed by atoms with Crippen molar-refractivity contribution in [3.8, 4) is 5.75 Å². The standard InChI is InChI=1S/C19H17NO3/c1-22-14-7-3-6-13(8-14)18(21)19-17(20)15-9-11-4-2-5-12(11)10-16(15)23-19/h3,6-10H,2,4-5,20H2,1H3. The van der Waals surface area contributed by atoms with E-state index in [1.54, 1.807) is 31.4 Å². The number of nitrogens with two attached hydrogens (primary N) is 1. The zero-order valence-corrected chi connectivity index (χ0v) is 12.9. The minimum atomic E-state index is -0.224. The first-order chi connectivity index (χ1) is 11.2. The van der Waals surface area contributed by atoms with Crippen molar-refractivity contribution in [1.82, 2.24) is 0 Å². The van der Waals surface area contributed by atoms with Gasteiger partial charge in [0.2, 0.25) is 5.78 Å². The summed E-state index contributed by atoms with van der Waals surface area (Å²) >= 11 is 0. The van der Waals surface area contributed by atoms with Gasteiger partial charge in [-0.1, -0.05) is 12.1 Å². The summed E-state index contributed by atoms with van der Waals surface area (Å²) in [5, 5.41) is 0.830. The van der Waals surface area contributed by atoms with Crippen molar-refractivity contribution in [3.05, 3.63) is 58.8 Å². The van der Waals surface area contributed by atoms with Gasteiger partial charge in [-0.2, -0.15) is 0 Å². The van der Waals surface area contributed by atoms with Crippen LogP contribution in [0.5, 0.6) is 5.75 Å². The van der Waals surface area contributed by atoms with Gasteiger partial charge in [-0.05, 0) is 54.7 Å². The summed E-state index contributed by atoms with van der Waals surface area (Å²) < 4.78 is 11.0. The number of ketones is 1. The number of methoxy groups -OCH3 is 1. The van der Waals surface area contributed by atoms with E-state index < -0.39 is 0 Å². The molecule has 0 unspecified atom stereocenters. The van der Waals surface area contributed by atoms with Gasteiger partial charge >= 0.3 is 0 Å². The maximum absolute atomic E-state index is 12.7. The summed E-state index contributed by atoms with van der Waals surface area (Å²) in [6, 6.07) is 11.1. The third-order valence-corrected chi connectivity index (χ3v) is 4.48. The van der Waals surface area contributed by atoms with Crippen molar-refractivity contribution in [3.63, 3.8) is 0 Å². The molecule has 4 heteroatoms. The van der Waals surface area contributed by atoms with Gasteiger partial charge in [-0.25, -0.2) is 0 Å². The lowest BCUT2D eigenvalue weighted by atomic mass is 10.0. The summed E-state index contributed by atoms with van der Waals surface area (Å²) in [6.45, 7) is 0. The minimum Gasteiger partial charge on any atom is -0.497 e. The van der Waals surface area contributed by atoms with Crippen molar-refractivity contribution in [2.75, 3.05) is 12.8 Å². The molecule has 0 amide bonds. The summed E-state index contributed by atoms with van der Waals surface area (Å²) in [4.78, 5) is 12.7. The molecule has 4 nitrogen and oxygen atoms in total. The number of carbonyl (C=O) groups excluding carboxylic acids is 1. The number of nitrogen functional groups attached to an aromatic ring is 1. The first kappa shape index (κ1) is 13.9. The number of furan rings is 1. The molecule has 1 aromatic heterocycles. The molecule has 4 rings (SSSR count). The molecule has 1 heterocycles. The zero-order chi connectivity index (χ0) is 16.0. The number of hydrogen-bond donors (Lipinski definition) is 1. The van der Waals surface area contributed by atoms with Crippen LogP contribution in [-0.2, 0) is 12.8 Å². The molecular formula is C19H17NO3. The normalized spacial score (nSPS) is 13.3. The van der Waals surface area contributed by atoms with Crippen molar-refractivity contribution in [1.29, 1.82) is 0 Å². The van der Waals surface area contributed by atoms with Gasteiger partial charge < -0.3 is 14.9 Å². The number of anilines is 1. The second-order valence-corrected chi connectivity index (χ2v) is 5.88. The Morgan fingerprint density at radius 2 is 1.96 bits per heavy atom. The molecule has 1 aliphatic rings. The van der Waals surface area contributed by atoms with E-state index in [0.29, 0.717) is 22.6 Å². The molecule has 0 bridgehead atoms. The molecule has 0 saturated heterocycles. The third kappa shape index (κ3) is 2.18. The molecule has 0 radical (unpaired) electrons. The van der Waals surface area contributed by atoms with Gasteiger partial charge in [0.25, 0.3) is 0 Å². The van der Waals surface area contributed by atoms with Crippen LogP contribution in [0.4, 0.5) is 5.69 Å². The van der Waals surface area contributed by atoms with Gasteiger partial charge in [0, 0.05) is 10.9 Å². The van der Waals surface area contributed by atoms with E-state index in [4.69, 9.17) is 14.9 Å². The molecule has 0 aliphatic heterocycles. The molecule has 116 valence electrons. The van der Waals surface area contributed by atoms with Crippen LogP contribution in [-0.4, -0.2) is 12.9 Å². The van der Waals surface area contributed by atoms with E-state index in [-0.39, 0.29) is 11.5 Å². The lowest BCUT2D eigenvalue weighted by molar-refractivity contribution is 0.101. The first-order valence-corrected chi connectivity index (χ1v) is 7.70. The van der Waals surface area contributed by atoms with E-state index in [1.165, 1.54) is 11.1 Å². The Morgan fingerprint density at radius 1 is 1.17 bits per heavy atom. The quantitative estimate of drug-likeness (QED) is 0.749. The number of aryl methyl sites for hydroxylation is 2. The van der Waals surface area contributed by atoms with Gasteiger partial charge in [0.15, 0.2) is 5.76 Å². The highest BCUT2D eigenvalue weighted by atomic mass is 16.5. The third-order valence-electron chi connectivity index (χ3n) is 4.48. The number of hydrogen-bond acceptors (Lipinski definition) is 4. The Kier molecular flexibility index (Phi) is 3.11. The van der Waals surface area contributed by atoms with Crippen molar-refractivity contribution in [2.24, 2.45) is 0 Å². The van der Waals surface area contributed by atoms with Crippen molar-refractivity contribution < 1.29 is 13.9 Å². The summed E-state index contributed by atoms with van der Waals surface area (Å²) in [5.41, 5.74) is 10.4. The average Bonchev–Trinajstić information content (AvgIpc) is 3.16. The number of fused-ring (bicyclic) bond motifs is 2. The second-order valence-electron chi connectivity index (χ2n) is 5.88. The van der Waals surface area contributed by atoms with Crippen LogP contribution in [0, 0.1) is 0 Å². The highest BCUT2D eigenvalue weighted by molar-refractivity contribution is 6.14. The van der Waals surface area contributed by atoms with E-state index in [1.807, 2.05) is 6.07 Å². The first-order valence-electron chi connectivity index (χ1n) is 7.70. The Labute approximate surface area is 133 Å². The number of benzene rings is 2. The van der Waals surface area contributed by atoms with E-state index in [2.05, 4.69) is 6.07 Å². The molecule has 1 aliphatic carbocycles. The van der Waals surface area contributed by atoms with Crippen LogP contribution in [0.25, 0.3) is 11.0 Å². The molecule has 0 spiro atoms. The second kappa shape index (κ2) is 5.16. The SMILES string of the molecule is COc1cccc(C(=O)c2oc3cc4c(cc3c2N)CCC4)c1. The molecule has 2 aromatic carbocycles. The number of ether oxygens (including phenoxy) is 1. The smallest absolute Gasteiger partial charge is 0.230 e. The largest absolute Gasteiger partial charge is 0.497 e. The minimum absolute atomic E-state index is 0.205. The van der Waals surface area contributed by atoms with Crippen LogP contribution < -0.4 is 10.5 Å². The van der Waals surface area contributed by atoms with Gasteiger partial charge in [0.05, 0.1) is 12.8 Å². The van der Waals surface area contributed by atoms with Crippen molar-refractivity contribution >= 4 is 22.4 Å². The Morgan fingerprint density at radius 3 is 2.74 bits per heavy atom. The molecule has 2 N–H and O–H groups in total. The van der Waals surface area contributed by atoms with E-state index in [9.17, 15) is 4.79 Å². The highest BCUT2D eigenvalue weighted by Crippen LogP contribution is 2.35. The fourth-order valence-corrected chi connectivity index (χ4v) is 3.25. The maximum Gasteiger partial charge on any atom is 0.230 e. The van der Waals surface area contributed by atoms with Crippen LogP contribution in [0.15, 0.2) is 40.8 Å². The summed E-state index contributed by atoms with van der Waals surface area (Å²) in [5.74, 6) is 0.610. The predicted molar refractivity (Wildman–Crippen MR) is 89.1 cm³/mol. The average molecular weight is 307 g/mol. The highest BCUT2D eigenvalue weighted by Gasteiger charge is 2.22. The Hall–Kier alpha value is -2.75. The van der Waals surface area contributed by atoms with Crippen LogP contribution >= 0.6 is 0 Å². The fourth-order valence-electron chi connectivity index (χ4n) is 3.25. The van der Waals surface area contributed by atoms with Gasteiger partial charge in [-0.3, -0.25) is 4.79 Å². The molecule has 0 atom stereocenters. The lowest BCUT2D eigenvalue weighted by Gasteiger charge is -2.02.